The van der Waals surface area contributed by atoms with E-state index in [2.05, 4.69) is 72.2 Å². The molecule has 0 N–H and O–H groups in total. The number of aryl methyl sites for hydroxylation is 1. The van der Waals surface area contributed by atoms with Crippen LogP contribution in [-0.2, 0) is 37.3 Å². The minimum Gasteiger partial charge on any atom is -0.489 e. The molecule has 0 spiro atoms. The van der Waals surface area contributed by atoms with Crippen LogP contribution >= 0.6 is 0 Å². The van der Waals surface area contributed by atoms with Gasteiger partial charge in [-0.2, -0.15) is 0 Å². The lowest BCUT2D eigenvalue weighted by Gasteiger charge is -2.27. The Morgan fingerprint density at radius 1 is 0.897 bits per heavy atom. The van der Waals surface area contributed by atoms with E-state index in [4.69, 9.17) is 19.2 Å². The van der Waals surface area contributed by atoms with Crippen LogP contribution < -0.4 is 15.0 Å². The molecule has 3 heterocycles. The van der Waals surface area contributed by atoms with E-state index in [-0.39, 0.29) is 6.10 Å². The molecule has 39 heavy (non-hydrogen) atoms. The van der Waals surface area contributed by atoms with Crippen LogP contribution in [0.3, 0.4) is 0 Å². The van der Waals surface area contributed by atoms with Gasteiger partial charge in [0.05, 0.1) is 18.3 Å². The molecule has 0 bridgehead atoms. The zero-order chi connectivity index (χ0) is 26.4. The van der Waals surface area contributed by atoms with Gasteiger partial charge in [-0.15, -0.1) is 0 Å². The van der Waals surface area contributed by atoms with Crippen molar-refractivity contribution in [2.45, 2.75) is 58.5 Å². The second-order valence-corrected chi connectivity index (χ2v) is 10.3. The van der Waals surface area contributed by atoms with Crippen LogP contribution in [0.15, 0.2) is 89.9 Å². The summed E-state index contributed by atoms with van der Waals surface area (Å²) in [6.07, 6.45) is 4.21. The molecule has 1 aromatic heterocycles. The molecule has 1 unspecified atom stereocenters. The summed E-state index contributed by atoms with van der Waals surface area (Å²) in [6.45, 7) is 5.70. The molecule has 4 aromatic rings. The maximum atomic E-state index is 6.49. The van der Waals surface area contributed by atoms with E-state index in [0.29, 0.717) is 19.8 Å². The lowest BCUT2D eigenvalue weighted by Crippen LogP contribution is -2.29. The van der Waals surface area contributed by atoms with Crippen LogP contribution in [0.1, 0.15) is 42.0 Å². The molecule has 3 aromatic carbocycles. The zero-order valence-electron chi connectivity index (χ0n) is 22.6. The van der Waals surface area contributed by atoms with Gasteiger partial charge < -0.3 is 18.8 Å². The third kappa shape index (κ3) is 5.79. The highest BCUT2D eigenvalue weighted by Crippen LogP contribution is 2.37. The molecular formula is C34H36N2O3. The summed E-state index contributed by atoms with van der Waals surface area (Å²) >= 11 is 0. The summed E-state index contributed by atoms with van der Waals surface area (Å²) in [5.41, 5.74) is 8.27. The Labute approximate surface area is 230 Å². The van der Waals surface area contributed by atoms with Crippen molar-refractivity contribution >= 4 is 0 Å². The number of benzene rings is 3. The summed E-state index contributed by atoms with van der Waals surface area (Å²) in [7, 11) is 0. The fourth-order valence-electron chi connectivity index (χ4n) is 5.60. The van der Waals surface area contributed by atoms with E-state index in [1.165, 1.54) is 27.9 Å². The van der Waals surface area contributed by atoms with Gasteiger partial charge in [-0.05, 0) is 60.6 Å². The molecule has 2 aliphatic rings. The number of fused-ring (bicyclic) bond motifs is 3. The number of aromatic nitrogens is 1. The van der Waals surface area contributed by atoms with Gasteiger partial charge in [-0.1, -0.05) is 67.6 Å². The lowest BCUT2D eigenvalue weighted by atomic mass is 9.93. The largest absolute Gasteiger partial charge is 0.489 e. The standard InChI is InChI=1S/C34H36N2O3/c1-2-30-32(39-24-26-12-7-4-8-13-26)21-33(35-22-29-14-9-19-37-29)36-18-17-27-20-28(15-16-31(27)34(30)36)38-23-25-10-5-3-6-11-25/h3-8,10-13,15-16,20-21,29H,2,9,14,17-19,22-24H2,1H3/b35-33+. The number of ether oxygens (including phenoxy) is 3. The molecule has 0 aliphatic carbocycles. The number of pyridine rings is 1. The molecule has 0 radical (unpaired) electrons. The van der Waals surface area contributed by atoms with Crippen LogP contribution in [0.5, 0.6) is 11.5 Å². The Hall–Kier alpha value is -3.83. The van der Waals surface area contributed by atoms with E-state index in [1.54, 1.807) is 0 Å². The van der Waals surface area contributed by atoms with E-state index < -0.39 is 0 Å². The molecular weight excluding hydrogens is 484 g/mol. The Kier molecular flexibility index (Phi) is 7.78. The summed E-state index contributed by atoms with van der Waals surface area (Å²) in [4.78, 5) is 5.08. The van der Waals surface area contributed by atoms with Crippen LogP contribution in [0.25, 0.3) is 11.3 Å². The van der Waals surface area contributed by atoms with Gasteiger partial charge >= 0.3 is 0 Å². The molecule has 0 saturated carbocycles. The molecule has 0 amide bonds. The molecule has 5 heteroatoms. The smallest absolute Gasteiger partial charge is 0.131 e. The number of rotatable bonds is 9. The first-order valence-electron chi connectivity index (χ1n) is 14.1. The predicted molar refractivity (Wildman–Crippen MR) is 154 cm³/mol. The summed E-state index contributed by atoms with van der Waals surface area (Å²) in [6, 6.07) is 29.3. The lowest BCUT2D eigenvalue weighted by molar-refractivity contribution is 0.117. The average Bonchev–Trinajstić information content (AvgIpc) is 3.52. The van der Waals surface area contributed by atoms with Gasteiger partial charge in [0.2, 0.25) is 0 Å². The van der Waals surface area contributed by atoms with Crippen molar-refractivity contribution in [1.29, 1.82) is 0 Å². The van der Waals surface area contributed by atoms with E-state index >= 15 is 0 Å². The Bertz CT molecular complexity index is 1470. The molecule has 5 nitrogen and oxygen atoms in total. The highest BCUT2D eigenvalue weighted by Gasteiger charge is 2.23. The van der Waals surface area contributed by atoms with Crippen LogP contribution in [0, 0.1) is 0 Å². The van der Waals surface area contributed by atoms with Crippen molar-refractivity contribution in [3.8, 4) is 22.8 Å². The fourth-order valence-corrected chi connectivity index (χ4v) is 5.60. The third-order valence-electron chi connectivity index (χ3n) is 7.65. The Morgan fingerprint density at radius 3 is 2.33 bits per heavy atom. The normalized spacial score (nSPS) is 16.5. The van der Waals surface area contributed by atoms with E-state index in [1.807, 2.05) is 24.3 Å². The van der Waals surface area contributed by atoms with Gasteiger partial charge in [0.1, 0.15) is 30.2 Å². The second kappa shape index (κ2) is 11.9. The van der Waals surface area contributed by atoms with Crippen molar-refractivity contribution in [3.05, 3.63) is 113 Å². The van der Waals surface area contributed by atoms with Crippen molar-refractivity contribution in [2.24, 2.45) is 4.99 Å². The number of nitrogens with zero attached hydrogens (tertiary/aromatic N) is 2. The highest BCUT2D eigenvalue weighted by molar-refractivity contribution is 5.72. The quantitative estimate of drug-likeness (QED) is 0.253. The monoisotopic (exact) mass is 520 g/mol. The molecule has 6 rings (SSSR count). The summed E-state index contributed by atoms with van der Waals surface area (Å²) in [5.74, 6) is 1.82. The minimum atomic E-state index is 0.209. The molecule has 200 valence electrons. The maximum absolute atomic E-state index is 6.49. The number of hydrogen-bond acceptors (Lipinski definition) is 4. The van der Waals surface area contributed by atoms with Gasteiger partial charge in [-0.3, -0.25) is 4.99 Å². The van der Waals surface area contributed by atoms with Crippen molar-refractivity contribution in [3.63, 3.8) is 0 Å². The first-order valence-corrected chi connectivity index (χ1v) is 14.1. The number of hydrogen-bond donors (Lipinski definition) is 0. The average molecular weight is 521 g/mol. The van der Waals surface area contributed by atoms with Gasteiger partial charge in [0.25, 0.3) is 0 Å². The minimum absolute atomic E-state index is 0.209. The van der Waals surface area contributed by atoms with Gasteiger partial charge in [0, 0.05) is 30.3 Å². The zero-order valence-corrected chi connectivity index (χ0v) is 22.6. The van der Waals surface area contributed by atoms with Gasteiger partial charge in [-0.25, -0.2) is 0 Å². The SMILES string of the molecule is CCc1c(OCc2ccccc2)c/c(=N\CC2CCCO2)n2c1-c1ccc(OCc3ccccc3)cc1CC2. The Morgan fingerprint density at radius 2 is 1.64 bits per heavy atom. The van der Waals surface area contributed by atoms with Gasteiger partial charge in [0.15, 0.2) is 0 Å². The van der Waals surface area contributed by atoms with Crippen molar-refractivity contribution in [1.82, 2.24) is 4.57 Å². The summed E-state index contributed by atoms with van der Waals surface area (Å²) < 4.78 is 20.9. The Balaban J connectivity index is 1.36. The summed E-state index contributed by atoms with van der Waals surface area (Å²) in [5, 5.41) is 0. The van der Waals surface area contributed by atoms with Crippen molar-refractivity contribution < 1.29 is 14.2 Å². The second-order valence-electron chi connectivity index (χ2n) is 10.3. The highest BCUT2D eigenvalue weighted by atomic mass is 16.5. The van der Waals surface area contributed by atoms with E-state index in [0.717, 1.165) is 61.4 Å². The van der Waals surface area contributed by atoms with E-state index in [9.17, 15) is 0 Å². The third-order valence-corrected chi connectivity index (χ3v) is 7.65. The molecule has 2 aliphatic heterocycles. The predicted octanol–water partition coefficient (Wildman–Crippen LogP) is 6.51. The topological polar surface area (TPSA) is 45.0 Å². The fraction of sp³-hybridized carbons (Fsp3) is 0.324. The first-order chi connectivity index (χ1) is 19.3. The van der Waals surface area contributed by atoms with Crippen LogP contribution in [0.4, 0.5) is 0 Å². The first kappa shape index (κ1) is 25.4. The molecule has 1 atom stereocenters. The molecule has 1 fully saturated rings. The van der Waals surface area contributed by atoms with Crippen LogP contribution in [0.2, 0.25) is 0 Å². The maximum Gasteiger partial charge on any atom is 0.131 e. The van der Waals surface area contributed by atoms with Crippen LogP contribution in [-0.4, -0.2) is 23.8 Å². The molecule has 1 saturated heterocycles. The van der Waals surface area contributed by atoms with Crippen molar-refractivity contribution in [2.75, 3.05) is 13.2 Å².